The van der Waals surface area contributed by atoms with E-state index >= 15 is 0 Å². The highest BCUT2D eigenvalue weighted by molar-refractivity contribution is 6.24. The quantitative estimate of drug-likeness (QED) is 0.384. The van der Waals surface area contributed by atoms with Gasteiger partial charge in [0.05, 0.1) is 37.7 Å². The molecule has 0 bridgehead atoms. The molecule has 2 fully saturated rings. The van der Waals surface area contributed by atoms with Gasteiger partial charge in [-0.25, -0.2) is 9.96 Å². The van der Waals surface area contributed by atoms with Gasteiger partial charge < -0.3 is 14.2 Å². The topological polar surface area (TPSA) is 77.5 Å². The van der Waals surface area contributed by atoms with Crippen LogP contribution in [0.15, 0.2) is 72.8 Å². The second-order valence-corrected chi connectivity index (χ2v) is 8.86. The lowest BCUT2D eigenvalue weighted by Crippen LogP contribution is -2.37. The summed E-state index contributed by atoms with van der Waals surface area (Å²) >= 11 is 0. The van der Waals surface area contributed by atoms with Crippen LogP contribution in [-0.4, -0.2) is 38.2 Å². The molecular weight excluding hydrogens is 472 g/mol. The molecule has 192 valence electrons. The fourth-order valence-electron chi connectivity index (χ4n) is 4.86. The van der Waals surface area contributed by atoms with Gasteiger partial charge in [-0.1, -0.05) is 37.3 Å². The molecule has 3 aromatic carbocycles. The van der Waals surface area contributed by atoms with E-state index in [1.807, 2.05) is 62.4 Å². The first-order valence-corrected chi connectivity index (χ1v) is 12.5. The number of amides is 2. The van der Waals surface area contributed by atoms with Crippen LogP contribution >= 0.6 is 0 Å². The van der Waals surface area contributed by atoms with Gasteiger partial charge in [0.25, 0.3) is 5.91 Å². The Morgan fingerprint density at radius 2 is 1.62 bits per heavy atom. The number of rotatable bonds is 9. The summed E-state index contributed by atoms with van der Waals surface area (Å²) in [4.78, 5) is 34.9. The van der Waals surface area contributed by atoms with E-state index in [2.05, 4.69) is 0 Å². The minimum Gasteiger partial charge on any atom is -0.497 e. The van der Waals surface area contributed by atoms with Gasteiger partial charge in [-0.2, -0.15) is 0 Å². The Morgan fingerprint density at radius 3 is 2.35 bits per heavy atom. The lowest BCUT2D eigenvalue weighted by Gasteiger charge is -2.29. The van der Waals surface area contributed by atoms with Crippen LogP contribution in [-0.2, 0) is 14.4 Å². The number of ether oxygens (including phenoxy) is 3. The van der Waals surface area contributed by atoms with E-state index in [-0.39, 0.29) is 5.91 Å². The molecule has 2 heterocycles. The number of hydroxylamine groups is 1. The number of hydrogen-bond acceptors (Lipinski definition) is 7. The molecule has 37 heavy (non-hydrogen) atoms. The van der Waals surface area contributed by atoms with E-state index in [9.17, 15) is 9.59 Å². The zero-order valence-electron chi connectivity index (χ0n) is 21.1. The third-order valence-corrected chi connectivity index (χ3v) is 6.51. The number of hydrogen-bond donors (Lipinski definition) is 0. The van der Waals surface area contributed by atoms with Gasteiger partial charge in [0.2, 0.25) is 5.91 Å². The van der Waals surface area contributed by atoms with Gasteiger partial charge in [-0.3, -0.25) is 14.4 Å². The minimum atomic E-state index is -0.963. The molecule has 2 aliphatic heterocycles. The minimum absolute atomic E-state index is 0.323. The van der Waals surface area contributed by atoms with Crippen LogP contribution in [0.2, 0.25) is 0 Å². The molecule has 8 nitrogen and oxygen atoms in total. The third-order valence-electron chi connectivity index (χ3n) is 6.51. The first-order valence-electron chi connectivity index (χ1n) is 12.5. The zero-order chi connectivity index (χ0) is 25.9. The molecule has 0 N–H and O–H groups in total. The molecule has 2 saturated heterocycles. The number of methoxy groups -OCH3 is 1. The smallest absolute Gasteiger partial charge is 0.266 e. The molecule has 0 saturated carbocycles. The Bertz CT molecular complexity index is 1280. The molecular formula is C29H30N2O6. The molecule has 0 spiro atoms. The van der Waals surface area contributed by atoms with Crippen molar-refractivity contribution in [3.05, 3.63) is 78.4 Å². The summed E-state index contributed by atoms with van der Waals surface area (Å²) in [5.41, 5.74) is 1.99. The SMILES string of the molecule is CCCOc1ccc([C@@H]2[C@@H]3C(=O)N(c4cccc(OC)c4)C(=O)[C@@H]3ON2c2ccccc2)cc1OCC. The van der Waals surface area contributed by atoms with Crippen LogP contribution in [0, 0.1) is 5.92 Å². The Kier molecular flexibility index (Phi) is 7.01. The highest BCUT2D eigenvalue weighted by Gasteiger charge is 2.60. The summed E-state index contributed by atoms with van der Waals surface area (Å²) in [6.45, 7) is 4.98. The van der Waals surface area contributed by atoms with Crippen LogP contribution in [0.25, 0.3) is 0 Å². The molecule has 3 aromatic rings. The molecule has 5 rings (SSSR count). The number of fused-ring (bicyclic) bond motifs is 1. The summed E-state index contributed by atoms with van der Waals surface area (Å²) in [6.07, 6.45) is -0.0954. The monoisotopic (exact) mass is 502 g/mol. The Morgan fingerprint density at radius 1 is 0.838 bits per heavy atom. The van der Waals surface area contributed by atoms with Crippen LogP contribution in [0.5, 0.6) is 17.2 Å². The fourth-order valence-corrected chi connectivity index (χ4v) is 4.86. The first-order chi connectivity index (χ1) is 18.1. The predicted octanol–water partition coefficient (Wildman–Crippen LogP) is 4.93. The summed E-state index contributed by atoms with van der Waals surface area (Å²) in [5, 5.41) is 1.67. The van der Waals surface area contributed by atoms with E-state index in [4.69, 9.17) is 19.0 Å². The summed E-state index contributed by atoms with van der Waals surface area (Å²) in [7, 11) is 1.54. The van der Waals surface area contributed by atoms with Crippen molar-refractivity contribution in [1.82, 2.24) is 0 Å². The van der Waals surface area contributed by atoms with Crippen molar-refractivity contribution in [3.8, 4) is 17.2 Å². The van der Waals surface area contributed by atoms with Crippen LogP contribution in [0.1, 0.15) is 31.9 Å². The summed E-state index contributed by atoms with van der Waals surface area (Å²) in [5.74, 6) is 0.307. The largest absolute Gasteiger partial charge is 0.497 e. The molecule has 2 amide bonds. The van der Waals surface area contributed by atoms with Crippen molar-refractivity contribution in [3.63, 3.8) is 0 Å². The Hall–Kier alpha value is -4.04. The molecule has 2 aliphatic rings. The van der Waals surface area contributed by atoms with Crippen molar-refractivity contribution in [2.24, 2.45) is 5.92 Å². The van der Waals surface area contributed by atoms with Gasteiger partial charge >= 0.3 is 0 Å². The van der Waals surface area contributed by atoms with Crippen LogP contribution < -0.4 is 24.2 Å². The number of anilines is 2. The number of imide groups is 1. The van der Waals surface area contributed by atoms with Crippen LogP contribution in [0.4, 0.5) is 11.4 Å². The van der Waals surface area contributed by atoms with E-state index in [1.165, 1.54) is 4.90 Å². The van der Waals surface area contributed by atoms with Crippen molar-refractivity contribution in [1.29, 1.82) is 0 Å². The van der Waals surface area contributed by atoms with Crippen molar-refractivity contribution in [2.45, 2.75) is 32.4 Å². The maximum atomic E-state index is 13.9. The van der Waals surface area contributed by atoms with E-state index in [0.29, 0.717) is 36.1 Å². The molecule has 0 aromatic heterocycles. The normalized spacial score (nSPS) is 20.8. The van der Waals surface area contributed by atoms with Crippen molar-refractivity contribution < 1.29 is 28.6 Å². The molecule has 0 unspecified atom stereocenters. The summed E-state index contributed by atoms with van der Waals surface area (Å²) in [6, 6.07) is 21.5. The molecule has 0 radical (unpaired) electrons. The van der Waals surface area contributed by atoms with Crippen LogP contribution in [0.3, 0.4) is 0 Å². The standard InChI is InChI=1S/C29H30N2O6/c1-4-16-36-23-15-14-19(17-24(23)35-5-2)26-25-27(37-31(26)20-10-7-6-8-11-20)29(33)30(28(25)32)21-12-9-13-22(18-21)34-3/h6-15,17-18,25-27H,4-5,16H2,1-3H3/t25-,26+,27+/m0/s1. The second kappa shape index (κ2) is 10.5. The third kappa shape index (κ3) is 4.49. The van der Waals surface area contributed by atoms with E-state index in [1.54, 1.807) is 36.4 Å². The Balaban J connectivity index is 1.57. The number of benzene rings is 3. The zero-order valence-corrected chi connectivity index (χ0v) is 21.1. The second-order valence-electron chi connectivity index (χ2n) is 8.86. The average Bonchev–Trinajstić information content (AvgIpc) is 3.44. The number of carbonyl (C=O) groups is 2. The first kappa shape index (κ1) is 24.6. The molecule has 0 aliphatic carbocycles. The number of carbonyl (C=O) groups excluding carboxylic acids is 2. The van der Waals surface area contributed by atoms with E-state index in [0.717, 1.165) is 17.7 Å². The van der Waals surface area contributed by atoms with Crippen molar-refractivity contribution in [2.75, 3.05) is 30.3 Å². The predicted molar refractivity (Wildman–Crippen MR) is 139 cm³/mol. The van der Waals surface area contributed by atoms with Gasteiger partial charge in [0, 0.05) is 6.07 Å². The summed E-state index contributed by atoms with van der Waals surface area (Å²) < 4.78 is 17.1. The van der Waals surface area contributed by atoms with Gasteiger partial charge in [-0.05, 0) is 55.3 Å². The van der Waals surface area contributed by atoms with Gasteiger partial charge in [0.1, 0.15) is 11.7 Å². The lowest BCUT2D eigenvalue weighted by atomic mass is 9.90. The molecule has 3 atom stereocenters. The number of nitrogens with zero attached hydrogens (tertiary/aromatic N) is 2. The average molecular weight is 503 g/mol. The maximum Gasteiger partial charge on any atom is 0.266 e. The molecule has 8 heteroatoms. The highest BCUT2D eigenvalue weighted by Crippen LogP contribution is 2.49. The van der Waals surface area contributed by atoms with Crippen molar-refractivity contribution >= 4 is 23.2 Å². The lowest BCUT2D eigenvalue weighted by molar-refractivity contribution is -0.126. The highest BCUT2D eigenvalue weighted by atomic mass is 16.7. The van der Waals surface area contributed by atoms with Gasteiger partial charge in [0.15, 0.2) is 17.6 Å². The van der Waals surface area contributed by atoms with Gasteiger partial charge in [-0.15, -0.1) is 0 Å². The van der Waals surface area contributed by atoms with E-state index < -0.39 is 24.0 Å². The maximum absolute atomic E-state index is 13.9. The Labute approximate surface area is 216 Å². The fraction of sp³-hybridized carbons (Fsp3) is 0.310. The number of para-hydroxylation sites is 1.